The van der Waals surface area contributed by atoms with Crippen molar-refractivity contribution in [1.29, 1.82) is 0 Å². The number of halogens is 5. The molecule has 3 nitrogen and oxygen atoms in total. The van der Waals surface area contributed by atoms with Crippen LogP contribution in [0, 0.1) is 29.1 Å². The molecule has 22 heavy (non-hydrogen) atoms. The van der Waals surface area contributed by atoms with Gasteiger partial charge in [-0.05, 0) is 27.7 Å². The lowest BCUT2D eigenvalue weighted by molar-refractivity contribution is 0.0440. The highest BCUT2D eigenvalue weighted by Crippen LogP contribution is 2.23. The Morgan fingerprint density at radius 2 is 1.00 bits per heavy atom. The second-order valence-corrected chi connectivity index (χ2v) is 7.53. The predicted octanol–water partition coefficient (Wildman–Crippen LogP) is 3.02. The van der Waals surface area contributed by atoms with Gasteiger partial charge in [0.05, 0.1) is 0 Å². The number of benzene rings is 1. The van der Waals surface area contributed by atoms with Gasteiger partial charge in [-0.1, -0.05) is 0 Å². The average Bonchev–Trinajstić information content (AvgIpc) is 2.41. The molecule has 9 heteroatoms. The maximum atomic E-state index is 14.1. The summed E-state index contributed by atoms with van der Waals surface area (Å²) in [5.41, 5.74) is 0. The van der Waals surface area contributed by atoms with Crippen molar-refractivity contribution in [3.05, 3.63) is 29.1 Å². The molecular weight excluding hydrogens is 327 g/mol. The van der Waals surface area contributed by atoms with Crippen LogP contribution < -0.4 is 5.19 Å². The standard InChI is InChI=1S/C13H17F5O3Si/c1-6(2)20-22(19-5,21-7(3)4)13-11(17)9(15)8(14)10(16)12(13)18/h6-7H,1-5H3. The van der Waals surface area contributed by atoms with Crippen molar-refractivity contribution in [2.24, 2.45) is 0 Å². The molecule has 0 fully saturated rings. The molecule has 0 heterocycles. The van der Waals surface area contributed by atoms with E-state index in [0.29, 0.717) is 0 Å². The zero-order chi connectivity index (χ0) is 17.2. The van der Waals surface area contributed by atoms with E-state index in [1.807, 2.05) is 0 Å². The van der Waals surface area contributed by atoms with E-state index in [9.17, 15) is 22.0 Å². The van der Waals surface area contributed by atoms with Crippen LogP contribution in [0.2, 0.25) is 0 Å². The van der Waals surface area contributed by atoms with Crippen LogP contribution in [0.3, 0.4) is 0 Å². The Bertz CT molecular complexity index is 512. The summed E-state index contributed by atoms with van der Waals surface area (Å²) in [6.07, 6.45) is -1.25. The maximum absolute atomic E-state index is 14.1. The van der Waals surface area contributed by atoms with E-state index < -0.39 is 55.3 Å². The summed E-state index contributed by atoms with van der Waals surface area (Å²) in [6.45, 7) is 6.10. The van der Waals surface area contributed by atoms with Crippen LogP contribution in [0.25, 0.3) is 0 Å². The van der Waals surface area contributed by atoms with Gasteiger partial charge in [0.25, 0.3) is 0 Å². The molecule has 0 atom stereocenters. The summed E-state index contributed by atoms with van der Waals surface area (Å²) in [5.74, 6) is -10.4. The van der Waals surface area contributed by atoms with Crippen molar-refractivity contribution < 1.29 is 35.2 Å². The molecule has 126 valence electrons. The Labute approximate surface area is 126 Å². The van der Waals surface area contributed by atoms with Gasteiger partial charge in [0.15, 0.2) is 23.3 Å². The van der Waals surface area contributed by atoms with Crippen LogP contribution in [-0.4, -0.2) is 28.1 Å². The van der Waals surface area contributed by atoms with E-state index in [4.69, 9.17) is 13.3 Å². The molecule has 0 spiro atoms. The first-order valence-corrected chi connectivity index (χ1v) is 8.22. The second-order valence-electron chi connectivity index (χ2n) is 5.04. The van der Waals surface area contributed by atoms with E-state index in [-0.39, 0.29) is 0 Å². The molecule has 0 aliphatic rings. The monoisotopic (exact) mass is 344 g/mol. The van der Waals surface area contributed by atoms with Crippen LogP contribution >= 0.6 is 0 Å². The van der Waals surface area contributed by atoms with Gasteiger partial charge in [0.1, 0.15) is 5.19 Å². The van der Waals surface area contributed by atoms with E-state index in [2.05, 4.69) is 0 Å². The Balaban J connectivity index is 3.68. The van der Waals surface area contributed by atoms with Gasteiger partial charge in [-0.3, -0.25) is 0 Å². The molecular formula is C13H17F5O3Si. The lowest BCUT2D eigenvalue weighted by Gasteiger charge is -2.32. The number of hydrogen-bond acceptors (Lipinski definition) is 3. The second kappa shape index (κ2) is 7.03. The summed E-state index contributed by atoms with van der Waals surface area (Å²) in [6, 6.07) is 0. The van der Waals surface area contributed by atoms with Gasteiger partial charge < -0.3 is 13.3 Å². The lowest BCUT2D eigenvalue weighted by atomic mass is 10.3. The average molecular weight is 344 g/mol. The van der Waals surface area contributed by atoms with Gasteiger partial charge in [-0.25, -0.2) is 22.0 Å². The van der Waals surface area contributed by atoms with E-state index in [0.717, 1.165) is 7.11 Å². The summed E-state index contributed by atoms with van der Waals surface area (Å²) in [4.78, 5) is 0. The quantitative estimate of drug-likeness (QED) is 0.344. The number of rotatable bonds is 6. The van der Waals surface area contributed by atoms with Crippen molar-refractivity contribution in [2.45, 2.75) is 39.9 Å². The van der Waals surface area contributed by atoms with Crippen LogP contribution in [0.5, 0.6) is 0 Å². The molecule has 0 aliphatic heterocycles. The Hall–Kier alpha value is -1.03. The first kappa shape index (κ1) is 19.0. The molecule has 1 aromatic carbocycles. The van der Waals surface area contributed by atoms with E-state index in [1.54, 1.807) is 0 Å². The van der Waals surface area contributed by atoms with Crippen molar-refractivity contribution in [3.63, 3.8) is 0 Å². The minimum atomic E-state index is -4.34. The molecule has 0 unspecified atom stereocenters. The first-order valence-electron chi connectivity index (χ1n) is 6.50. The zero-order valence-electron chi connectivity index (χ0n) is 12.8. The van der Waals surface area contributed by atoms with Crippen LogP contribution in [-0.2, 0) is 13.3 Å². The molecule has 0 aliphatic carbocycles. The third-order valence-corrected chi connectivity index (χ3v) is 5.72. The van der Waals surface area contributed by atoms with Crippen molar-refractivity contribution in [2.75, 3.05) is 7.11 Å². The molecule has 0 N–H and O–H groups in total. The fourth-order valence-electron chi connectivity index (χ4n) is 1.84. The van der Waals surface area contributed by atoms with Gasteiger partial charge in [0.2, 0.25) is 5.82 Å². The smallest absolute Gasteiger partial charge is 0.373 e. The largest absolute Gasteiger partial charge is 0.543 e. The van der Waals surface area contributed by atoms with Crippen LogP contribution in [0.1, 0.15) is 27.7 Å². The molecule has 0 saturated carbocycles. The lowest BCUT2D eigenvalue weighted by Crippen LogP contribution is -2.61. The van der Waals surface area contributed by atoms with Crippen molar-refractivity contribution in [3.8, 4) is 0 Å². The topological polar surface area (TPSA) is 27.7 Å². The highest BCUT2D eigenvalue weighted by atomic mass is 28.4. The minimum absolute atomic E-state index is 0.625. The maximum Gasteiger partial charge on any atom is 0.543 e. The van der Waals surface area contributed by atoms with Gasteiger partial charge >= 0.3 is 8.80 Å². The SMILES string of the molecule is CO[Si](OC(C)C)(OC(C)C)c1c(F)c(F)c(F)c(F)c1F. The van der Waals surface area contributed by atoms with E-state index in [1.165, 1.54) is 27.7 Å². The number of hydrogen-bond donors (Lipinski definition) is 0. The Morgan fingerprint density at radius 3 is 1.27 bits per heavy atom. The minimum Gasteiger partial charge on any atom is -0.373 e. The Kier molecular flexibility index (Phi) is 6.08. The van der Waals surface area contributed by atoms with Crippen molar-refractivity contribution in [1.82, 2.24) is 0 Å². The summed E-state index contributed by atoms with van der Waals surface area (Å²) in [7, 11) is -3.31. The summed E-state index contributed by atoms with van der Waals surface area (Å²) in [5, 5.41) is -1.19. The normalized spacial score (nSPS) is 12.5. The zero-order valence-corrected chi connectivity index (χ0v) is 13.8. The third-order valence-electron chi connectivity index (χ3n) is 2.57. The van der Waals surface area contributed by atoms with Gasteiger partial charge in [-0.2, -0.15) is 0 Å². The van der Waals surface area contributed by atoms with Crippen LogP contribution in [0.4, 0.5) is 22.0 Å². The highest BCUT2D eigenvalue weighted by Gasteiger charge is 2.52. The molecule has 1 aromatic rings. The predicted molar refractivity (Wildman–Crippen MR) is 71.1 cm³/mol. The first-order chi connectivity index (χ1) is 10.1. The molecule has 0 bridgehead atoms. The molecule has 0 radical (unpaired) electrons. The van der Waals surface area contributed by atoms with Gasteiger partial charge in [-0.15, -0.1) is 0 Å². The summed E-state index contributed by atoms with van der Waals surface area (Å²) >= 11 is 0. The molecule has 0 saturated heterocycles. The van der Waals surface area contributed by atoms with Gasteiger partial charge in [0, 0.05) is 19.3 Å². The third kappa shape index (κ3) is 3.48. The molecule has 1 rings (SSSR count). The highest BCUT2D eigenvalue weighted by molar-refractivity contribution is 6.75. The van der Waals surface area contributed by atoms with Crippen molar-refractivity contribution >= 4 is 14.0 Å². The fourth-order valence-corrected chi connectivity index (χ4v) is 4.52. The molecule has 0 amide bonds. The molecule has 0 aromatic heterocycles. The summed E-state index contributed by atoms with van der Waals surface area (Å²) < 4.78 is 83.9. The Morgan fingerprint density at radius 1 is 0.682 bits per heavy atom. The van der Waals surface area contributed by atoms with E-state index >= 15 is 0 Å². The van der Waals surface area contributed by atoms with Crippen LogP contribution in [0.15, 0.2) is 0 Å². The fraction of sp³-hybridized carbons (Fsp3) is 0.538.